The zero-order valence-corrected chi connectivity index (χ0v) is 9.43. The molecule has 1 aliphatic rings. The lowest BCUT2D eigenvalue weighted by atomic mass is 10.4. The summed E-state index contributed by atoms with van der Waals surface area (Å²) >= 11 is 0. The van der Waals surface area contributed by atoms with Crippen LogP contribution in [-0.2, 0) is 12.7 Å². The number of alkyl halides is 3. The van der Waals surface area contributed by atoms with Crippen LogP contribution in [0.15, 0.2) is 24.8 Å². The molecule has 2 heterocycles. The highest BCUT2D eigenvalue weighted by atomic mass is 19.4. The van der Waals surface area contributed by atoms with Crippen molar-refractivity contribution in [1.82, 2.24) is 19.3 Å². The fourth-order valence-corrected chi connectivity index (χ4v) is 1.90. The van der Waals surface area contributed by atoms with Gasteiger partial charge in [0.05, 0.1) is 24.8 Å². The highest BCUT2D eigenvalue weighted by Crippen LogP contribution is 2.35. The smallest absolute Gasteiger partial charge is 0.330 e. The van der Waals surface area contributed by atoms with Gasteiger partial charge in [-0.25, -0.2) is 4.98 Å². The first-order valence-electron chi connectivity index (χ1n) is 5.65. The average molecular weight is 256 g/mol. The van der Waals surface area contributed by atoms with Gasteiger partial charge < -0.3 is 4.57 Å². The summed E-state index contributed by atoms with van der Waals surface area (Å²) < 4.78 is 40.5. The summed E-state index contributed by atoms with van der Waals surface area (Å²) in [5, 5.41) is 3.53. The van der Waals surface area contributed by atoms with E-state index in [1.54, 1.807) is 12.5 Å². The van der Waals surface area contributed by atoms with Crippen molar-refractivity contribution in [2.45, 2.75) is 31.6 Å². The molecule has 0 unspecified atom stereocenters. The SMILES string of the molecule is FC(F)(F)c1ccn(Cc2cncn2C2CC2)n1. The molecule has 2 aromatic heterocycles. The molecule has 0 saturated heterocycles. The van der Waals surface area contributed by atoms with Crippen LogP contribution in [0.5, 0.6) is 0 Å². The first kappa shape index (κ1) is 11.3. The van der Waals surface area contributed by atoms with Crippen LogP contribution in [0.3, 0.4) is 0 Å². The van der Waals surface area contributed by atoms with Crippen molar-refractivity contribution in [1.29, 1.82) is 0 Å². The number of nitrogens with zero attached hydrogens (tertiary/aromatic N) is 4. The van der Waals surface area contributed by atoms with Crippen molar-refractivity contribution < 1.29 is 13.2 Å². The summed E-state index contributed by atoms with van der Waals surface area (Å²) in [6.07, 6.45) is 2.57. The lowest BCUT2D eigenvalue weighted by molar-refractivity contribution is -0.141. The first-order valence-corrected chi connectivity index (χ1v) is 5.65. The van der Waals surface area contributed by atoms with E-state index in [4.69, 9.17) is 0 Å². The number of aromatic nitrogens is 4. The maximum atomic E-state index is 12.4. The molecule has 0 aromatic carbocycles. The Hall–Kier alpha value is -1.79. The number of hydrogen-bond donors (Lipinski definition) is 0. The molecule has 0 atom stereocenters. The van der Waals surface area contributed by atoms with Gasteiger partial charge in [-0.05, 0) is 18.9 Å². The summed E-state index contributed by atoms with van der Waals surface area (Å²) in [6, 6.07) is 1.44. The predicted molar refractivity (Wildman–Crippen MR) is 56.8 cm³/mol. The molecule has 0 aliphatic heterocycles. The van der Waals surface area contributed by atoms with Crippen LogP contribution in [0.1, 0.15) is 30.3 Å². The molecule has 1 saturated carbocycles. The Kier molecular flexibility index (Phi) is 2.42. The van der Waals surface area contributed by atoms with Gasteiger partial charge in [0.1, 0.15) is 0 Å². The Balaban J connectivity index is 1.80. The molecule has 0 radical (unpaired) electrons. The van der Waals surface area contributed by atoms with E-state index in [1.165, 1.54) is 10.9 Å². The summed E-state index contributed by atoms with van der Waals surface area (Å²) in [6.45, 7) is 0.312. The fourth-order valence-electron chi connectivity index (χ4n) is 1.90. The Morgan fingerprint density at radius 1 is 1.33 bits per heavy atom. The van der Waals surface area contributed by atoms with Crippen molar-refractivity contribution in [2.75, 3.05) is 0 Å². The number of hydrogen-bond acceptors (Lipinski definition) is 2. The Labute approximate surface area is 101 Å². The lowest BCUT2D eigenvalue weighted by Gasteiger charge is -2.06. The second-order valence-electron chi connectivity index (χ2n) is 4.42. The maximum absolute atomic E-state index is 12.4. The van der Waals surface area contributed by atoms with Gasteiger partial charge >= 0.3 is 6.18 Å². The summed E-state index contributed by atoms with van der Waals surface area (Å²) in [5.41, 5.74) is 0.0225. The monoisotopic (exact) mass is 256 g/mol. The second-order valence-corrected chi connectivity index (χ2v) is 4.42. The summed E-state index contributed by atoms with van der Waals surface area (Å²) in [5.74, 6) is 0. The summed E-state index contributed by atoms with van der Waals surface area (Å²) in [4.78, 5) is 4.03. The van der Waals surface area contributed by atoms with E-state index < -0.39 is 11.9 Å². The first-order chi connectivity index (χ1) is 8.54. The van der Waals surface area contributed by atoms with Crippen molar-refractivity contribution in [2.24, 2.45) is 0 Å². The zero-order chi connectivity index (χ0) is 12.8. The average Bonchev–Trinajstić information content (AvgIpc) is 2.85. The minimum absolute atomic E-state index is 0.312. The van der Waals surface area contributed by atoms with E-state index in [2.05, 4.69) is 10.1 Å². The molecule has 4 nitrogen and oxygen atoms in total. The third kappa shape index (κ3) is 2.12. The molecule has 2 aromatic rings. The molecule has 1 aliphatic carbocycles. The summed E-state index contributed by atoms with van der Waals surface area (Å²) in [7, 11) is 0. The maximum Gasteiger partial charge on any atom is 0.435 e. The van der Waals surface area contributed by atoms with Crippen LogP contribution in [0.2, 0.25) is 0 Å². The van der Waals surface area contributed by atoms with Crippen LogP contribution >= 0.6 is 0 Å². The van der Waals surface area contributed by atoms with Gasteiger partial charge in [0, 0.05) is 12.2 Å². The Bertz CT molecular complexity index is 551. The molecule has 0 bridgehead atoms. The van der Waals surface area contributed by atoms with Gasteiger partial charge in [-0.15, -0.1) is 0 Å². The van der Waals surface area contributed by atoms with Crippen LogP contribution in [-0.4, -0.2) is 19.3 Å². The third-order valence-corrected chi connectivity index (χ3v) is 2.94. The molecule has 96 valence electrons. The minimum atomic E-state index is -4.39. The van der Waals surface area contributed by atoms with E-state index in [0.717, 1.165) is 24.6 Å². The van der Waals surface area contributed by atoms with Crippen molar-refractivity contribution in [3.63, 3.8) is 0 Å². The van der Waals surface area contributed by atoms with E-state index >= 15 is 0 Å². The molecular formula is C11H11F3N4. The molecular weight excluding hydrogens is 245 g/mol. The second kappa shape index (κ2) is 3.86. The fraction of sp³-hybridized carbons (Fsp3) is 0.455. The third-order valence-electron chi connectivity index (χ3n) is 2.94. The molecule has 7 heteroatoms. The Morgan fingerprint density at radius 2 is 2.11 bits per heavy atom. The predicted octanol–water partition coefficient (Wildman–Crippen LogP) is 2.48. The molecule has 1 fully saturated rings. The highest BCUT2D eigenvalue weighted by molar-refractivity contribution is 5.07. The quantitative estimate of drug-likeness (QED) is 0.845. The number of imidazole rings is 1. The molecule has 18 heavy (non-hydrogen) atoms. The van der Waals surface area contributed by atoms with Crippen molar-refractivity contribution in [3.05, 3.63) is 36.2 Å². The standard InChI is InChI=1S/C11H11F3N4/c12-11(13,14)10-3-4-17(16-10)6-9-5-15-7-18(9)8-1-2-8/h3-5,7-8H,1-2,6H2. The molecule has 0 spiro atoms. The highest BCUT2D eigenvalue weighted by Gasteiger charge is 2.33. The van der Waals surface area contributed by atoms with Gasteiger partial charge in [0.15, 0.2) is 5.69 Å². The van der Waals surface area contributed by atoms with E-state index in [1.807, 2.05) is 4.57 Å². The molecule has 0 amide bonds. The van der Waals surface area contributed by atoms with Crippen molar-refractivity contribution in [3.8, 4) is 0 Å². The van der Waals surface area contributed by atoms with Crippen LogP contribution in [0, 0.1) is 0 Å². The normalized spacial score (nSPS) is 16.2. The molecule has 3 rings (SSSR count). The van der Waals surface area contributed by atoms with Crippen LogP contribution in [0.25, 0.3) is 0 Å². The minimum Gasteiger partial charge on any atom is -0.330 e. The zero-order valence-electron chi connectivity index (χ0n) is 9.43. The van der Waals surface area contributed by atoms with E-state index in [-0.39, 0.29) is 0 Å². The van der Waals surface area contributed by atoms with Crippen LogP contribution < -0.4 is 0 Å². The largest absolute Gasteiger partial charge is 0.435 e. The van der Waals surface area contributed by atoms with Crippen LogP contribution in [0.4, 0.5) is 13.2 Å². The van der Waals surface area contributed by atoms with Crippen molar-refractivity contribution >= 4 is 0 Å². The van der Waals surface area contributed by atoms with Gasteiger partial charge in [-0.3, -0.25) is 4.68 Å². The van der Waals surface area contributed by atoms with E-state index in [0.29, 0.717) is 12.6 Å². The van der Waals surface area contributed by atoms with Gasteiger partial charge in [0.2, 0.25) is 0 Å². The Morgan fingerprint density at radius 3 is 2.72 bits per heavy atom. The van der Waals surface area contributed by atoms with Gasteiger partial charge in [-0.2, -0.15) is 18.3 Å². The van der Waals surface area contributed by atoms with E-state index in [9.17, 15) is 13.2 Å². The van der Waals surface area contributed by atoms with Gasteiger partial charge in [0.25, 0.3) is 0 Å². The lowest BCUT2D eigenvalue weighted by Crippen LogP contribution is -2.10. The number of rotatable bonds is 3. The van der Waals surface area contributed by atoms with Gasteiger partial charge in [-0.1, -0.05) is 0 Å². The topological polar surface area (TPSA) is 35.6 Å². The molecule has 0 N–H and O–H groups in total. The number of halogens is 3.